The molecule has 0 saturated heterocycles. The van der Waals surface area contributed by atoms with Gasteiger partial charge in [0.2, 0.25) is 0 Å². The maximum absolute atomic E-state index is 2.36. The molecule has 1 heteroatoms. The van der Waals surface area contributed by atoms with Crippen molar-refractivity contribution in [3.05, 3.63) is 46.9 Å². The van der Waals surface area contributed by atoms with Gasteiger partial charge in [-0.2, -0.15) is 0 Å². The topological polar surface area (TPSA) is 0 Å². The molecule has 0 spiro atoms. The molecule has 0 nitrogen and oxygen atoms in total. The van der Waals surface area contributed by atoms with Crippen LogP contribution in [0.15, 0.2) is 41.3 Å². The van der Waals surface area contributed by atoms with Crippen molar-refractivity contribution in [3.63, 3.8) is 0 Å². The molecular formula is C14H18S. The van der Waals surface area contributed by atoms with Crippen LogP contribution in [0.25, 0.3) is 0 Å². The minimum absolute atomic E-state index is 0.843. The number of hydrogen-bond donors (Lipinski definition) is 0. The largest absolute Gasteiger partial charge is 0.128 e. The number of thioether (sulfide) groups is 1. The van der Waals surface area contributed by atoms with Crippen LogP contribution in [0, 0.1) is 0 Å². The van der Waals surface area contributed by atoms with Crippen LogP contribution >= 0.6 is 11.8 Å². The van der Waals surface area contributed by atoms with Crippen molar-refractivity contribution in [2.45, 2.75) is 37.9 Å². The second-order valence-electron chi connectivity index (χ2n) is 4.16. The zero-order chi connectivity index (χ0) is 10.5. The molecule has 0 radical (unpaired) electrons. The predicted octanol–water partition coefficient (Wildman–Crippen LogP) is 4.42. The summed E-state index contributed by atoms with van der Waals surface area (Å²) in [6.07, 6.45) is 7.54. The number of aryl methyl sites for hydroxylation is 1. The molecule has 0 aromatic heterocycles. The van der Waals surface area contributed by atoms with Crippen LogP contribution in [-0.2, 0) is 6.42 Å². The smallest absolute Gasteiger partial charge is 0.00970 e. The second kappa shape index (κ2) is 5.41. The molecule has 1 aliphatic heterocycles. The van der Waals surface area contributed by atoms with Gasteiger partial charge in [0, 0.05) is 5.25 Å². The molecule has 2 rings (SSSR count). The fourth-order valence-electron chi connectivity index (χ4n) is 2.02. The minimum Gasteiger partial charge on any atom is -0.128 e. The van der Waals surface area contributed by atoms with E-state index < -0.39 is 0 Å². The van der Waals surface area contributed by atoms with Crippen LogP contribution in [0.5, 0.6) is 0 Å². The fourth-order valence-corrected chi connectivity index (χ4v) is 3.25. The average molecular weight is 218 g/mol. The summed E-state index contributed by atoms with van der Waals surface area (Å²) in [5, 5.41) is 0.843. The molecule has 1 heterocycles. The second-order valence-corrected chi connectivity index (χ2v) is 5.70. The molecule has 1 aromatic carbocycles. The van der Waals surface area contributed by atoms with Gasteiger partial charge in [0.15, 0.2) is 0 Å². The molecule has 1 aromatic rings. The summed E-state index contributed by atoms with van der Waals surface area (Å²) in [7, 11) is 0. The van der Waals surface area contributed by atoms with Gasteiger partial charge in [-0.05, 0) is 43.1 Å². The van der Waals surface area contributed by atoms with Gasteiger partial charge in [-0.25, -0.2) is 0 Å². The van der Waals surface area contributed by atoms with E-state index in [1.54, 1.807) is 0 Å². The van der Waals surface area contributed by atoms with Crippen LogP contribution in [0.2, 0.25) is 0 Å². The van der Waals surface area contributed by atoms with E-state index in [1.165, 1.54) is 36.2 Å². The van der Waals surface area contributed by atoms with Crippen LogP contribution in [0.4, 0.5) is 0 Å². The fraction of sp³-hybridized carbons (Fsp3) is 0.429. The maximum Gasteiger partial charge on any atom is 0.00970 e. The zero-order valence-corrected chi connectivity index (χ0v) is 10.1. The Labute approximate surface area is 96.8 Å². The third-order valence-electron chi connectivity index (χ3n) is 2.87. The Morgan fingerprint density at radius 2 is 2.07 bits per heavy atom. The summed E-state index contributed by atoms with van der Waals surface area (Å²) in [5.74, 6) is 0. The van der Waals surface area contributed by atoms with Crippen LogP contribution < -0.4 is 0 Å². The van der Waals surface area contributed by atoms with Crippen LogP contribution in [0.1, 0.15) is 31.7 Å². The van der Waals surface area contributed by atoms with Crippen molar-refractivity contribution in [1.82, 2.24) is 0 Å². The molecule has 1 aliphatic rings. The summed E-state index contributed by atoms with van der Waals surface area (Å²) < 4.78 is 0. The Morgan fingerprint density at radius 3 is 2.80 bits per heavy atom. The van der Waals surface area contributed by atoms with E-state index in [9.17, 15) is 0 Å². The molecule has 15 heavy (non-hydrogen) atoms. The first kappa shape index (κ1) is 10.8. The summed E-state index contributed by atoms with van der Waals surface area (Å²) >= 11 is 2.07. The first-order valence-electron chi connectivity index (χ1n) is 5.72. The van der Waals surface area contributed by atoms with Gasteiger partial charge < -0.3 is 0 Å². The van der Waals surface area contributed by atoms with Crippen molar-refractivity contribution < 1.29 is 0 Å². The van der Waals surface area contributed by atoms with Gasteiger partial charge in [0.05, 0.1) is 0 Å². The maximum atomic E-state index is 2.36. The van der Waals surface area contributed by atoms with E-state index in [0.29, 0.717) is 0 Å². The molecular weight excluding hydrogens is 200 g/mol. The number of hydrogen-bond acceptors (Lipinski definition) is 1. The third kappa shape index (κ3) is 3.42. The molecule has 80 valence electrons. The minimum atomic E-state index is 0.843. The Balaban J connectivity index is 1.81. The number of allylic oxidation sites excluding steroid dienone is 2. The predicted molar refractivity (Wildman–Crippen MR) is 69.1 cm³/mol. The highest BCUT2D eigenvalue weighted by molar-refractivity contribution is 8.03. The van der Waals surface area contributed by atoms with Gasteiger partial charge >= 0.3 is 0 Å². The lowest BCUT2D eigenvalue weighted by atomic mass is 10.1. The van der Waals surface area contributed by atoms with E-state index in [4.69, 9.17) is 0 Å². The first-order valence-corrected chi connectivity index (χ1v) is 6.60. The lowest BCUT2D eigenvalue weighted by Crippen LogP contribution is -2.07. The Kier molecular flexibility index (Phi) is 3.90. The van der Waals surface area contributed by atoms with E-state index in [0.717, 1.165) is 5.25 Å². The summed E-state index contributed by atoms with van der Waals surface area (Å²) in [6, 6.07) is 10.8. The summed E-state index contributed by atoms with van der Waals surface area (Å²) in [6.45, 7) is 2.24. The highest BCUT2D eigenvalue weighted by atomic mass is 32.2. The zero-order valence-electron chi connectivity index (χ0n) is 9.28. The molecule has 0 fully saturated rings. The Morgan fingerprint density at radius 1 is 1.27 bits per heavy atom. The summed E-state index contributed by atoms with van der Waals surface area (Å²) in [4.78, 5) is 1.51. The molecule has 0 saturated carbocycles. The highest BCUT2D eigenvalue weighted by Gasteiger charge is 2.13. The van der Waals surface area contributed by atoms with E-state index in [2.05, 4.69) is 55.1 Å². The molecule has 1 atom stereocenters. The highest BCUT2D eigenvalue weighted by Crippen LogP contribution is 2.32. The summed E-state index contributed by atoms with van der Waals surface area (Å²) in [5.41, 5.74) is 1.48. The van der Waals surface area contributed by atoms with Crippen LogP contribution in [-0.4, -0.2) is 5.25 Å². The van der Waals surface area contributed by atoms with Gasteiger partial charge in [-0.15, -0.1) is 11.8 Å². The Hall–Kier alpha value is -0.690. The lowest BCUT2D eigenvalue weighted by Gasteiger charge is -2.20. The third-order valence-corrected chi connectivity index (χ3v) is 4.21. The molecule has 0 N–H and O–H groups in total. The quantitative estimate of drug-likeness (QED) is 0.723. The molecule has 0 aliphatic carbocycles. The Bertz CT molecular complexity index is 326. The standard InChI is InChI=1S/C14H18S/c1-12-6-5-9-14(15-12)11-10-13-7-3-2-4-8-13/h2-4,6-8,14H,5,9-11H2,1H3. The van der Waals surface area contributed by atoms with Gasteiger partial charge in [0.25, 0.3) is 0 Å². The molecule has 0 amide bonds. The first-order chi connectivity index (χ1) is 7.34. The van der Waals surface area contributed by atoms with Gasteiger partial charge in [0.1, 0.15) is 0 Å². The number of benzene rings is 1. The van der Waals surface area contributed by atoms with Crippen LogP contribution in [0.3, 0.4) is 0 Å². The number of rotatable bonds is 3. The van der Waals surface area contributed by atoms with Crippen molar-refractivity contribution in [3.8, 4) is 0 Å². The van der Waals surface area contributed by atoms with Crippen molar-refractivity contribution >= 4 is 11.8 Å². The van der Waals surface area contributed by atoms with E-state index in [1.807, 2.05) is 0 Å². The SMILES string of the molecule is CC1=CCCC(CCc2ccccc2)S1. The van der Waals surface area contributed by atoms with E-state index in [-0.39, 0.29) is 0 Å². The van der Waals surface area contributed by atoms with Gasteiger partial charge in [-0.3, -0.25) is 0 Å². The van der Waals surface area contributed by atoms with Crippen molar-refractivity contribution in [2.75, 3.05) is 0 Å². The van der Waals surface area contributed by atoms with Gasteiger partial charge in [-0.1, -0.05) is 36.4 Å². The monoisotopic (exact) mass is 218 g/mol. The van der Waals surface area contributed by atoms with Crippen molar-refractivity contribution in [1.29, 1.82) is 0 Å². The molecule has 0 bridgehead atoms. The van der Waals surface area contributed by atoms with E-state index >= 15 is 0 Å². The molecule has 1 unspecified atom stereocenters. The van der Waals surface area contributed by atoms with Crippen molar-refractivity contribution in [2.24, 2.45) is 0 Å². The lowest BCUT2D eigenvalue weighted by molar-refractivity contribution is 0.699. The average Bonchev–Trinajstić information content (AvgIpc) is 2.28. The normalized spacial score (nSPS) is 21.1.